The number of nitrogens with zero attached hydrogens (tertiary/aromatic N) is 2. The van der Waals surface area contributed by atoms with Crippen molar-refractivity contribution in [3.05, 3.63) is 53.3 Å². The highest BCUT2D eigenvalue weighted by molar-refractivity contribution is 6.33. The van der Waals surface area contributed by atoms with Crippen molar-refractivity contribution in [2.75, 3.05) is 6.54 Å². The van der Waals surface area contributed by atoms with Gasteiger partial charge in [-0.25, -0.2) is 0 Å². The van der Waals surface area contributed by atoms with Crippen LogP contribution < -0.4 is 5.32 Å². The summed E-state index contributed by atoms with van der Waals surface area (Å²) >= 11 is 6.19. The fraction of sp³-hybridized carbons (Fsp3) is 0.0588. The molecule has 1 amide bonds. The summed E-state index contributed by atoms with van der Waals surface area (Å²) in [6, 6.07) is 8.41. The van der Waals surface area contributed by atoms with E-state index in [1.807, 2.05) is 0 Å². The fourth-order valence-corrected chi connectivity index (χ4v) is 2.68. The molecule has 25 heavy (non-hydrogen) atoms. The van der Waals surface area contributed by atoms with Crippen molar-refractivity contribution in [3.8, 4) is 16.9 Å². The molecule has 0 aliphatic carbocycles. The lowest BCUT2D eigenvalue weighted by molar-refractivity contribution is -0.135. The van der Waals surface area contributed by atoms with Gasteiger partial charge in [0.25, 0.3) is 5.91 Å². The first-order chi connectivity index (χ1) is 12.0. The lowest BCUT2D eigenvalue weighted by Gasteiger charge is -2.13. The summed E-state index contributed by atoms with van der Waals surface area (Å²) in [6.07, 6.45) is 2.83. The van der Waals surface area contributed by atoms with E-state index in [4.69, 9.17) is 16.7 Å². The molecule has 0 fully saturated rings. The second kappa shape index (κ2) is 6.74. The number of aromatic hydroxyl groups is 1. The molecule has 3 N–H and O–H groups in total. The predicted octanol–water partition coefficient (Wildman–Crippen LogP) is 2.47. The van der Waals surface area contributed by atoms with Gasteiger partial charge in [-0.15, -0.1) is 0 Å². The first-order valence-electron chi connectivity index (χ1n) is 7.20. The minimum atomic E-state index is -1.20. The van der Waals surface area contributed by atoms with E-state index >= 15 is 0 Å². The second-order valence-corrected chi connectivity index (χ2v) is 5.54. The van der Waals surface area contributed by atoms with Crippen LogP contribution in [0.3, 0.4) is 0 Å². The van der Waals surface area contributed by atoms with Gasteiger partial charge in [0.2, 0.25) is 0 Å². The normalized spacial score (nSPS) is 10.6. The van der Waals surface area contributed by atoms with E-state index in [2.05, 4.69) is 15.3 Å². The largest absolute Gasteiger partial charge is 0.506 e. The van der Waals surface area contributed by atoms with Crippen LogP contribution in [0.4, 0.5) is 0 Å². The lowest BCUT2D eigenvalue weighted by Crippen LogP contribution is -2.29. The van der Waals surface area contributed by atoms with Gasteiger partial charge < -0.3 is 15.5 Å². The van der Waals surface area contributed by atoms with E-state index < -0.39 is 18.4 Å². The van der Waals surface area contributed by atoms with Crippen LogP contribution in [-0.4, -0.2) is 38.6 Å². The highest BCUT2D eigenvalue weighted by Gasteiger charge is 2.22. The van der Waals surface area contributed by atoms with E-state index in [9.17, 15) is 14.7 Å². The maximum absolute atomic E-state index is 12.4. The smallest absolute Gasteiger partial charge is 0.322 e. The standard InChI is InChI=1S/C17H12ClN3O4/c18-11-4-2-1-3-9(11)10-7-12-15(20-6-5-19-12)14(16(10)24)17(25)21-8-13(22)23/h1-7,24H,8H2,(H,21,25)(H,22,23). The molecule has 3 aromatic rings. The Labute approximate surface area is 146 Å². The van der Waals surface area contributed by atoms with Gasteiger partial charge >= 0.3 is 5.97 Å². The van der Waals surface area contributed by atoms with Crippen molar-refractivity contribution >= 4 is 34.5 Å². The number of carbonyl (C=O) groups is 2. The predicted molar refractivity (Wildman–Crippen MR) is 91.6 cm³/mol. The molecule has 8 heteroatoms. The molecule has 0 unspecified atom stereocenters. The molecule has 0 atom stereocenters. The number of nitrogens with one attached hydrogen (secondary N) is 1. The van der Waals surface area contributed by atoms with E-state index in [1.165, 1.54) is 12.4 Å². The SMILES string of the molecule is O=C(O)CNC(=O)c1c(O)c(-c2ccccc2Cl)cc2nccnc12. The number of hydrogen-bond acceptors (Lipinski definition) is 5. The molecule has 0 saturated carbocycles. The van der Waals surface area contributed by atoms with Crippen LogP contribution in [0.25, 0.3) is 22.2 Å². The first-order valence-corrected chi connectivity index (χ1v) is 7.58. The number of phenolic OH excluding ortho intramolecular Hbond substituents is 1. The Bertz CT molecular complexity index is 991. The van der Waals surface area contributed by atoms with Crippen molar-refractivity contribution in [1.82, 2.24) is 15.3 Å². The number of benzene rings is 2. The van der Waals surface area contributed by atoms with E-state index in [0.29, 0.717) is 21.7 Å². The van der Waals surface area contributed by atoms with Crippen LogP contribution in [0.15, 0.2) is 42.7 Å². The molecule has 0 aliphatic rings. The monoisotopic (exact) mass is 357 g/mol. The fourth-order valence-electron chi connectivity index (χ4n) is 2.44. The summed E-state index contributed by atoms with van der Waals surface area (Å²) in [5.74, 6) is -2.31. The summed E-state index contributed by atoms with van der Waals surface area (Å²) in [6.45, 7) is -0.587. The van der Waals surface area contributed by atoms with Crippen molar-refractivity contribution in [2.24, 2.45) is 0 Å². The Balaban J connectivity index is 2.24. The Kier molecular flexibility index (Phi) is 4.49. The number of rotatable bonds is 4. The second-order valence-electron chi connectivity index (χ2n) is 5.13. The molecule has 0 spiro atoms. The van der Waals surface area contributed by atoms with Gasteiger partial charge in [-0.3, -0.25) is 19.6 Å². The zero-order chi connectivity index (χ0) is 18.0. The Morgan fingerprint density at radius 1 is 1.12 bits per heavy atom. The third-order valence-electron chi connectivity index (χ3n) is 3.53. The van der Waals surface area contributed by atoms with Crippen LogP contribution in [0, 0.1) is 0 Å². The Hall–Kier alpha value is -3.19. The number of carboxylic acids is 1. The molecule has 0 radical (unpaired) electrons. The molecular weight excluding hydrogens is 346 g/mol. The highest BCUT2D eigenvalue weighted by atomic mass is 35.5. The van der Waals surface area contributed by atoms with Crippen LogP contribution in [0.1, 0.15) is 10.4 Å². The van der Waals surface area contributed by atoms with Crippen molar-refractivity contribution in [3.63, 3.8) is 0 Å². The number of carbonyl (C=O) groups excluding carboxylic acids is 1. The molecule has 2 aromatic carbocycles. The average Bonchev–Trinajstić information content (AvgIpc) is 2.60. The van der Waals surface area contributed by atoms with Gasteiger partial charge in [0.05, 0.1) is 5.52 Å². The number of aliphatic carboxylic acids is 1. The number of amides is 1. The van der Waals surface area contributed by atoms with Gasteiger partial charge in [-0.05, 0) is 12.1 Å². The summed E-state index contributed by atoms with van der Waals surface area (Å²) in [4.78, 5) is 31.4. The van der Waals surface area contributed by atoms with Crippen LogP contribution in [0.2, 0.25) is 5.02 Å². The number of carboxylic acid groups (broad SMARTS) is 1. The number of hydrogen-bond donors (Lipinski definition) is 3. The topological polar surface area (TPSA) is 112 Å². The summed E-state index contributed by atoms with van der Waals surface area (Å²) in [7, 11) is 0. The van der Waals surface area contributed by atoms with Crippen molar-refractivity contribution < 1.29 is 19.8 Å². The molecule has 1 heterocycles. The van der Waals surface area contributed by atoms with Crippen LogP contribution in [-0.2, 0) is 4.79 Å². The zero-order valence-corrected chi connectivity index (χ0v) is 13.5. The maximum Gasteiger partial charge on any atom is 0.322 e. The summed E-state index contributed by atoms with van der Waals surface area (Å²) in [5, 5.41) is 22.0. The molecule has 3 rings (SSSR count). The van der Waals surface area contributed by atoms with Gasteiger partial charge in [-0.2, -0.15) is 0 Å². The van der Waals surface area contributed by atoms with Crippen LogP contribution >= 0.6 is 11.6 Å². The number of aromatic nitrogens is 2. The maximum atomic E-state index is 12.4. The molecule has 7 nitrogen and oxygen atoms in total. The Morgan fingerprint density at radius 2 is 1.84 bits per heavy atom. The highest BCUT2D eigenvalue weighted by Crippen LogP contribution is 2.39. The summed E-state index contributed by atoms with van der Waals surface area (Å²) in [5.41, 5.74) is 1.21. The van der Waals surface area contributed by atoms with E-state index in [-0.39, 0.29) is 16.8 Å². The average molecular weight is 358 g/mol. The minimum Gasteiger partial charge on any atom is -0.506 e. The molecule has 0 aliphatic heterocycles. The van der Waals surface area contributed by atoms with Crippen molar-refractivity contribution in [1.29, 1.82) is 0 Å². The number of phenols is 1. The van der Waals surface area contributed by atoms with Gasteiger partial charge in [0.1, 0.15) is 23.4 Å². The lowest BCUT2D eigenvalue weighted by atomic mass is 9.99. The number of fused-ring (bicyclic) bond motifs is 1. The molecule has 0 saturated heterocycles. The third kappa shape index (κ3) is 3.22. The van der Waals surface area contributed by atoms with Crippen molar-refractivity contribution in [2.45, 2.75) is 0 Å². The molecule has 0 bridgehead atoms. The summed E-state index contributed by atoms with van der Waals surface area (Å²) < 4.78 is 0. The molecular formula is C17H12ClN3O4. The first kappa shape index (κ1) is 16.7. The van der Waals surface area contributed by atoms with E-state index in [0.717, 1.165) is 0 Å². The van der Waals surface area contributed by atoms with E-state index in [1.54, 1.807) is 30.3 Å². The minimum absolute atomic E-state index is 0.151. The third-order valence-corrected chi connectivity index (χ3v) is 3.86. The van der Waals surface area contributed by atoms with Gasteiger partial charge in [0.15, 0.2) is 0 Å². The number of halogens is 1. The zero-order valence-electron chi connectivity index (χ0n) is 12.7. The van der Waals surface area contributed by atoms with Gasteiger partial charge in [-0.1, -0.05) is 29.8 Å². The van der Waals surface area contributed by atoms with Gasteiger partial charge in [0, 0.05) is 28.5 Å². The molecule has 126 valence electrons. The Morgan fingerprint density at radius 3 is 2.56 bits per heavy atom. The quantitative estimate of drug-likeness (QED) is 0.661. The molecule has 1 aromatic heterocycles. The van der Waals surface area contributed by atoms with Crippen LogP contribution in [0.5, 0.6) is 5.75 Å².